The Morgan fingerprint density at radius 3 is 2.56 bits per heavy atom. The first-order valence-electron chi connectivity index (χ1n) is 11.9. The molecule has 2 aliphatic rings. The van der Waals surface area contributed by atoms with E-state index in [0.29, 0.717) is 48.6 Å². The summed E-state index contributed by atoms with van der Waals surface area (Å²) in [5.41, 5.74) is 1.66. The summed E-state index contributed by atoms with van der Waals surface area (Å²) in [6, 6.07) is 11.2. The number of aryl methyl sites for hydroxylation is 1. The topological polar surface area (TPSA) is 81.8 Å². The normalized spacial score (nSPS) is 15.8. The van der Waals surface area contributed by atoms with Gasteiger partial charge in [0.1, 0.15) is 5.69 Å². The van der Waals surface area contributed by atoms with E-state index >= 15 is 0 Å². The summed E-state index contributed by atoms with van der Waals surface area (Å²) < 4.78 is 43.2. The lowest BCUT2D eigenvalue weighted by Crippen LogP contribution is -2.48. The standard InChI is InChI=1S/C26H27F3N4O3/c1-16-3-2-4-18(11-16)23-20-7-8-31(9-10-34)24(20)25(36)33(30-23)22-12-19(32-13-17(14-32)15-35)5-6-21(22)26(27,28)29/h2-6,11-12,17,34-35H,7-10,13-15H2,1H3. The fourth-order valence-electron chi connectivity index (χ4n) is 5.03. The number of nitrogens with zero attached hydrogens (tertiary/aromatic N) is 4. The highest BCUT2D eigenvalue weighted by Crippen LogP contribution is 2.38. The van der Waals surface area contributed by atoms with Gasteiger partial charge in [0.2, 0.25) is 0 Å². The van der Waals surface area contributed by atoms with Crippen LogP contribution in [0.5, 0.6) is 0 Å². The van der Waals surface area contributed by atoms with E-state index in [1.807, 2.05) is 36.1 Å². The van der Waals surface area contributed by atoms with Gasteiger partial charge in [-0.3, -0.25) is 4.79 Å². The number of anilines is 2. The minimum Gasteiger partial charge on any atom is -0.396 e. The van der Waals surface area contributed by atoms with E-state index < -0.39 is 17.3 Å². The molecule has 0 amide bonds. The molecule has 0 bridgehead atoms. The summed E-state index contributed by atoms with van der Waals surface area (Å²) in [4.78, 5) is 17.3. The number of halogens is 3. The highest BCUT2D eigenvalue weighted by Gasteiger charge is 2.37. The van der Waals surface area contributed by atoms with Crippen LogP contribution >= 0.6 is 0 Å². The Morgan fingerprint density at radius 2 is 1.89 bits per heavy atom. The zero-order valence-electron chi connectivity index (χ0n) is 19.8. The molecule has 10 heteroatoms. The van der Waals surface area contributed by atoms with E-state index in [1.54, 1.807) is 4.90 Å². The highest BCUT2D eigenvalue weighted by molar-refractivity contribution is 5.73. The van der Waals surface area contributed by atoms with E-state index in [4.69, 9.17) is 0 Å². The highest BCUT2D eigenvalue weighted by atomic mass is 19.4. The summed E-state index contributed by atoms with van der Waals surface area (Å²) in [6.45, 7) is 3.44. The number of aliphatic hydroxyl groups excluding tert-OH is 2. The van der Waals surface area contributed by atoms with Gasteiger partial charge in [-0.2, -0.15) is 23.0 Å². The monoisotopic (exact) mass is 500 g/mol. The van der Waals surface area contributed by atoms with Crippen molar-refractivity contribution < 1.29 is 23.4 Å². The van der Waals surface area contributed by atoms with Crippen molar-refractivity contribution in [3.63, 3.8) is 0 Å². The third-order valence-corrected chi connectivity index (χ3v) is 6.87. The Hall–Kier alpha value is -3.37. The van der Waals surface area contributed by atoms with Crippen LogP contribution in [-0.4, -0.2) is 59.4 Å². The fraction of sp³-hybridized carbons (Fsp3) is 0.385. The van der Waals surface area contributed by atoms with Gasteiger partial charge in [0.25, 0.3) is 5.56 Å². The maximum atomic E-state index is 14.1. The molecule has 36 heavy (non-hydrogen) atoms. The van der Waals surface area contributed by atoms with Gasteiger partial charge in [-0.25, -0.2) is 0 Å². The van der Waals surface area contributed by atoms with Crippen LogP contribution in [0.4, 0.5) is 24.5 Å². The van der Waals surface area contributed by atoms with Crippen LogP contribution < -0.4 is 15.4 Å². The molecule has 0 unspecified atom stereocenters. The summed E-state index contributed by atoms with van der Waals surface area (Å²) in [6.07, 6.45) is -4.20. The zero-order valence-corrected chi connectivity index (χ0v) is 19.8. The second kappa shape index (κ2) is 9.25. The van der Waals surface area contributed by atoms with Crippen LogP contribution in [0.2, 0.25) is 0 Å². The van der Waals surface area contributed by atoms with Crippen molar-refractivity contribution in [1.82, 2.24) is 9.78 Å². The minimum absolute atomic E-state index is 0.0103. The molecule has 0 saturated carbocycles. The maximum Gasteiger partial charge on any atom is 0.418 e. The molecule has 7 nitrogen and oxygen atoms in total. The summed E-state index contributed by atoms with van der Waals surface area (Å²) in [7, 11) is 0. The van der Waals surface area contributed by atoms with Gasteiger partial charge in [-0.05, 0) is 37.6 Å². The van der Waals surface area contributed by atoms with Gasteiger partial charge < -0.3 is 20.0 Å². The molecule has 190 valence electrons. The maximum absolute atomic E-state index is 14.1. The van der Waals surface area contributed by atoms with E-state index in [0.717, 1.165) is 16.3 Å². The fourth-order valence-corrected chi connectivity index (χ4v) is 5.03. The first-order valence-corrected chi connectivity index (χ1v) is 11.9. The molecular formula is C26H27F3N4O3. The van der Waals surface area contributed by atoms with Gasteiger partial charge >= 0.3 is 6.18 Å². The number of fused-ring (bicyclic) bond motifs is 1. The van der Waals surface area contributed by atoms with Crippen LogP contribution in [0.15, 0.2) is 47.3 Å². The Balaban J connectivity index is 1.75. The molecule has 1 aromatic heterocycles. The predicted molar refractivity (Wildman–Crippen MR) is 131 cm³/mol. The third-order valence-electron chi connectivity index (χ3n) is 6.87. The molecule has 5 rings (SSSR count). The number of aliphatic hydroxyl groups is 2. The van der Waals surface area contributed by atoms with Crippen LogP contribution in [0.25, 0.3) is 16.9 Å². The van der Waals surface area contributed by atoms with Crippen molar-refractivity contribution in [3.05, 3.63) is 69.5 Å². The number of alkyl halides is 3. The molecule has 2 N–H and O–H groups in total. The number of hydrogen-bond donors (Lipinski definition) is 2. The quantitative estimate of drug-likeness (QED) is 0.542. The SMILES string of the molecule is Cc1cccc(-c2nn(-c3cc(N4CC(CO)C4)ccc3C(F)(F)F)c(=O)c3c2CCN3CCO)c1. The number of rotatable bonds is 6. The number of β-amino-alcohol motifs (C(OH)–C–C–N with tert-alkyl or cyclic N) is 1. The second-order valence-corrected chi connectivity index (χ2v) is 9.38. The molecule has 3 heterocycles. The number of aromatic nitrogens is 2. The molecule has 0 atom stereocenters. The van der Waals surface area contributed by atoms with Crippen molar-refractivity contribution in [2.75, 3.05) is 49.2 Å². The molecule has 1 fully saturated rings. The second-order valence-electron chi connectivity index (χ2n) is 9.38. The molecule has 0 radical (unpaired) electrons. The van der Waals surface area contributed by atoms with Gasteiger partial charge in [0, 0.05) is 55.5 Å². The lowest BCUT2D eigenvalue weighted by molar-refractivity contribution is -0.137. The van der Waals surface area contributed by atoms with E-state index in [9.17, 15) is 28.2 Å². The zero-order chi connectivity index (χ0) is 25.6. The summed E-state index contributed by atoms with van der Waals surface area (Å²) in [5.74, 6) is 0.0662. The molecular weight excluding hydrogens is 473 g/mol. The van der Waals surface area contributed by atoms with Gasteiger partial charge in [-0.15, -0.1) is 0 Å². The van der Waals surface area contributed by atoms with Crippen molar-refractivity contribution in [2.24, 2.45) is 5.92 Å². The Labute approximate surface area is 206 Å². The van der Waals surface area contributed by atoms with E-state index in [1.165, 1.54) is 12.1 Å². The van der Waals surface area contributed by atoms with E-state index in [2.05, 4.69) is 5.10 Å². The Kier molecular flexibility index (Phi) is 6.25. The Bertz CT molecular complexity index is 1350. The molecule has 3 aromatic rings. The van der Waals surface area contributed by atoms with Crippen LogP contribution in [0.1, 0.15) is 16.7 Å². The molecule has 2 aliphatic heterocycles. The lowest BCUT2D eigenvalue weighted by Gasteiger charge is -2.40. The summed E-state index contributed by atoms with van der Waals surface area (Å²) in [5, 5.41) is 23.4. The smallest absolute Gasteiger partial charge is 0.396 e. The van der Waals surface area contributed by atoms with Crippen LogP contribution in [0, 0.1) is 12.8 Å². The third kappa shape index (κ3) is 4.24. The molecule has 1 saturated heterocycles. The lowest BCUT2D eigenvalue weighted by atomic mass is 9.99. The molecule has 0 spiro atoms. The number of benzene rings is 2. The van der Waals surface area contributed by atoms with E-state index in [-0.39, 0.29) is 37.1 Å². The molecule has 2 aromatic carbocycles. The van der Waals surface area contributed by atoms with Crippen molar-refractivity contribution >= 4 is 11.4 Å². The van der Waals surface area contributed by atoms with Crippen LogP contribution in [-0.2, 0) is 12.6 Å². The van der Waals surface area contributed by atoms with Gasteiger partial charge in [-0.1, -0.05) is 23.8 Å². The van der Waals surface area contributed by atoms with Gasteiger partial charge in [0.15, 0.2) is 0 Å². The van der Waals surface area contributed by atoms with Crippen molar-refractivity contribution in [1.29, 1.82) is 0 Å². The largest absolute Gasteiger partial charge is 0.418 e. The van der Waals surface area contributed by atoms with Gasteiger partial charge in [0.05, 0.1) is 23.6 Å². The minimum atomic E-state index is -4.70. The average Bonchev–Trinajstić information content (AvgIpc) is 3.22. The van der Waals surface area contributed by atoms with Crippen LogP contribution in [0.3, 0.4) is 0 Å². The average molecular weight is 501 g/mol. The van der Waals surface area contributed by atoms with Crippen molar-refractivity contribution in [3.8, 4) is 16.9 Å². The Morgan fingerprint density at radius 1 is 1.11 bits per heavy atom. The summed E-state index contributed by atoms with van der Waals surface area (Å²) >= 11 is 0. The first-order chi connectivity index (χ1) is 17.2. The number of hydrogen-bond acceptors (Lipinski definition) is 6. The van der Waals surface area contributed by atoms with Crippen molar-refractivity contribution in [2.45, 2.75) is 19.5 Å². The molecule has 0 aliphatic carbocycles. The predicted octanol–water partition coefficient (Wildman–Crippen LogP) is 3.01. The first kappa shape index (κ1) is 24.3.